The molecule has 124 valence electrons. The highest BCUT2D eigenvalue weighted by Crippen LogP contribution is 2.18. The van der Waals surface area contributed by atoms with E-state index in [2.05, 4.69) is 62.8 Å². The third-order valence-electron chi connectivity index (χ3n) is 3.91. The lowest BCUT2D eigenvalue weighted by Crippen LogP contribution is -2.40. The normalized spacial score (nSPS) is 13.0. The molecule has 0 saturated carbocycles. The topological polar surface area (TPSA) is 40.5 Å². The summed E-state index contributed by atoms with van der Waals surface area (Å²) in [6, 6.07) is 10.7. The summed E-state index contributed by atoms with van der Waals surface area (Å²) in [4.78, 5) is 11.0. The third kappa shape index (κ3) is 5.06. The second-order valence-corrected chi connectivity index (χ2v) is 6.72. The predicted molar refractivity (Wildman–Crippen MR) is 99.2 cm³/mol. The summed E-state index contributed by atoms with van der Waals surface area (Å²) in [6.07, 6.45) is 1.10. The standard InChI is InChI=1S/C18H26N4S/c1-5-15(16-9-7-6-8-10-16)11-20-18(19-3)22(4)12-17-13-23-14(2)21-17/h6-10,13,15H,5,11-12H2,1-4H3,(H,19,20). The van der Waals surface area contributed by atoms with Crippen LogP contribution in [0.4, 0.5) is 0 Å². The number of nitrogens with zero attached hydrogens (tertiary/aromatic N) is 3. The molecule has 0 fully saturated rings. The van der Waals surface area contributed by atoms with E-state index < -0.39 is 0 Å². The number of hydrogen-bond acceptors (Lipinski definition) is 3. The van der Waals surface area contributed by atoms with Crippen LogP contribution in [0.3, 0.4) is 0 Å². The molecule has 1 N–H and O–H groups in total. The van der Waals surface area contributed by atoms with Gasteiger partial charge in [0, 0.05) is 31.9 Å². The van der Waals surface area contributed by atoms with Crippen molar-refractivity contribution in [1.82, 2.24) is 15.2 Å². The van der Waals surface area contributed by atoms with Crippen LogP contribution >= 0.6 is 11.3 Å². The fourth-order valence-corrected chi connectivity index (χ4v) is 3.22. The summed E-state index contributed by atoms with van der Waals surface area (Å²) in [5, 5.41) is 6.71. The molecule has 0 amide bonds. The number of rotatable bonds is 6. The minimum Gasteiger partial charge on any atom is -0.356 e. The Morgan fingerprint density at radius 1 is 1.35 bits per heavy atom. The van der Waals surface area contributed by atoms with E-state index >= 15 is 0 Å². The van der Waals surface area contributed by atoms with Gasteiger partial charge in [0.2, 0.25) is 0 Å². The number of thiazole rings is 1. The van der Waals surface area contributed by atoms with Gasteiger partial charge < -0.3 is 10.2 Å². The van der Waals surface area contributed by atoms with Crippen LogP contribution in [0.5, 0.6) is 0 Å². The zero-order chi connectivity index (χ0) is 16.7. The van der Waals surface area contributed by atoms with E-state index in [4.69, 9.17) is 0 Å². The number of nitrogens with one attached hydrogen (secondary N) is 1. The molecule has 1 heterocycles. The molecule has 5 heteroatoms. The van der Waals surface area contributed by atoms with Crippen molar-refractivity contribution in [1.29, 1.82) is 0 Å². The molecular weight excluding hydrogens is 304 g/mol. The van der Waals surface area contributed by atoms with Crippen LogP contribution in [0.25, 0.3) is 0 Å². The monoisotopic (exact) mass is 330 g/mol. The smallest absolute Gasteiger partial charge is 0.193 e. The van der Waals surface area contributed by atoms with Crippen molar-refractivity contribution < 1.29 is 0 Å². The summed E-state index contributed by atoms with van der Waals surface area (Å²) in [5.41, 5.74) is 2.46. The molecule has 1 aromatic heterocycles. The van der Waals surface area contributed by atoms with Crippen LogP contribution in [-0.4, -0.2) is 36.5 Å². The molecule has 2 aromatic rings. The Morgan fingerprint density at radius 3 is 2.65 bits per heavy atom. The van der Waals surface area contributed by atoms with Crippen LogP contribution in [0, 0.1) is 6.92 Å². The van der Waals surface area contributed by atoms with E-state index in [1.54, 1.807) is 11.3 Å². The Labute approximate surface area is 143 Å². The van der Waals surface area contributed by atoms with E-state index in [1.165, 1.54) is 5.56 Å². The molecule has 0 spiro atoms. The van der Waals surface area contributed by atoms with E-state index in [-0.39, 0.29) is 0 Å². The Balaban J connectivity index is 1.93. The fourth-order valence-electron chi connectivity index (χ4n) is 2.62. The average molecular weight is 331 g/mol. The highest BCUT2D eigenvalue weighted by Gasteiger charge is 2.12. The number of guanidine groups is 1. The predicted octanol–water partition coefficient (Wildman–Crippen LogP) is 3.65. The van der Waals surface area contributed by atoms with Crippen molar-refractivity contribution in [3.63, 3.8) is 0 Å². The quantitative estimate of drug-likeness (QED) is 0.649. The van der Waals surface area contributed by atoms with Crippen LogP contribution in [-0.2, 0) is 6.54 Å². The molecule has 4 nitrogen and oxygen atoms in total. The van der Waals surface area contributed by atoms with Crippen LogP contribution in [0.1, 0.15) is 35.5 Å². The molecule has 0 aliphatic rings. The van der Waals surface area contributed by atoms with E-state index in [9.17, 15) is 0 Å². The first kappa shape index (κ1) is 17.5. The Hall–Kier alpha value is -1.88. The van der Waals surface area contributed by atoms with Crippen molar-refractivity contribution in [3.05, 3.63) is 52.0 Å². The van der Waals surface area contributed by atoms with Gasteiger partial charge in [0.1, 0.15) is 0 Å². The molecule has 1 atom stereocenters. The van der Waals surface area contributed by atoms with Gasteiger partial charge in [-0.05, 0) is 18.9 Å². The lowest BCUT2D eigenvalue weighted by atomic mass is 9.97. The Morgan fingerprint density at radius 2 is 2.09 bits per heavy atom. The average Bonchev–Trinajstić information content (AvgIpc) is 2.97. The maximum Gasteiger partial charge on any atom is 0.193 e. The first-order chi connectivity index (χ1) is 11.1. The van der Waals surface area contributed by atoms with Crippen molar-refractivity contribution >= 4 is 17.3 Å². The van der Waals surface area contributed by atoms with Crippen LogP contribution in [0.2, 0.25) is 0 Å². The molecule has 23 heavy (non-hydrogen) atoms. The van der Waals surface area contributed by atoms with Gasteiger partial charge in [-0.15, -0.1) is 11.3 Å². The molecule has 1 aromatic carbocycles. The third-order valence-corrected chi connectivity index (χ3v) is 4.73. The maximum atomic E-state index is 4.52. The zero-order valence-corrected chi connectivity index (χ0v) is 15.2. The molecule has 0 saturated heterocycles. The van der Waals surface area contributed by atoms with Gasteiger partial charge in [-0.25, -0.2) is 4.98 Å². The summed E-state index contributed by atoms with van der Waals surface area (Å²) in [6.45, 7) is 5.91. The SMILES string of the molecule is CCC(CNC(=NC)N(C)Cc1csc(C)n1)c1ccccc1. The van der Waals surface area contributed by atoms with Gasteiger partial charge in [-0.1, -0.05) is 37.3 Å². The summed E-state index contributed by atoms with van der Waals surface area (Å²) in [7, 11) is 3.88. The Bertz CT molecular complexity index is 621. The number of hydrogen-bond donors (Lipinski definition) is 1. The Kier molecular flexibility index (Phi) is 6.59. The lowest BCUT2D eigenvalue weighted by molar-refractivity contribution is 0.465. The zero-order valence-electron chi connectivity index (χ0n) is 14.4. The molecular formula is C18H26N4S. The summed E-state index contributed by atoms with van der Waals surface area (Å²) >= 11 is 1.69. The van der Waals surface area contributed by atoms with Crippen molar-refractivity contribution in [2.45, 2.75) is 32.7 Å². The van der Waals surface area contributed by atoms with Crippen LogP contribution in [0.15, 0.2) is 40.7 Å². The lowest BCUT2D eigenvalue weighted by Gasteiger charge is -2.24. The van der Waals surface area contributed by atoms with Gasteiger partial charge in [-0.2, -0.15) is 0 Å². The highest BCUT2D eigenvalue weighted by molar-refractivity contribution is 7.09. The van der Waals surface area contributed by atoms with Crippen molar-refractivity contribution in [3.8, 4) is 0 Å². The molecule has 0 aliphatic heterocycles. The van der Waals surface area contributed by atoms with E-state index in [0.29, 0.717) is 5.92 Å². The maximum absolute atomic E-state index is 4.52. The van der Waals surface area contributed by atoms with E-state index in [0.717, 1.165) is 36.2 Å². The van der Waals surface area contributed by atoms with Crippen molar-refractivity contribution in [2.24, 2.45) is 4.99 Å². The van der Waals surface area contributed by atoms with Gasteiger partial charge in [-0.3, -0.25) is 4.99 Å². The minimum absolute atomic E-state index is 0.489. The van der Waals surface area contributed by atoms with Gasteiger partial charge in [0.15, 0.2) is 5.96 Å². The number of aliphatic imine (C=N–C) groups is 1. The molecule has 1 unspecified atom stereocenters. The first-order valence-corrected chi connectivity index (χ1v) is 8.89. The molecule has 0 aliphatic carbocycles. The van der Waals surface area contributed by atoms with Gasteiger partial charge in [0.05, 0.1) is 17.2 Å². The van der Waals surface area contributed by atoms with Gasteiger partial charge >= 0.3 is 0 Å². The largest absolute Gasteiger partial charge is 0.356 e. The second-order valence-electron chi connectivity index (χ2n) is 5.66. The fraction of sp³-hybridized carbons (Fsp3) is 0.444. The molecule has 0 radical (unpaired) electrons. The molecule has 0 bridgehead atoms. The first-order valence-electron chi connectivity index (χ1n) is 8.01. The van der Waals surface area contributed by atoms with E-state index in [1.807, 2.05) is 21.0 Å². The minimum atomic E-state index is 0.489. The number of benzene rings is 1. The molecule has 2 rings (SSSR count). The number of aromatic nitrogens is 1. The van der Waals surface area contributed by atoms with Crippen molar-refractivity contribution in [2.75, 3.05) is 20.6 Å². The highest BCUT2D eigenvalue weighted by atomic mass is 32.1. The van der Waals surface area contributed by atoms with Gasteiger partial charge in [0.25, 0.3) is 0 Å². The number of aryl methyl sites for hydroxylation is 1. The summed E-state index contributed by atoms with van der Waals surface area (Å²) in [5.74, 6) is 1.40. The second kappa shape index (κ2) is 8.67. The summed E-state index contributed by atoms with van der Waals surface area (Å²) < 4.78 is 0. The van der Waals surface area contributed by atoms with Crippen LogP contribution < -0.4 is 5.32 Å².